The van der Waals surface area contributed by atoms with Crippen LogP contribution in [0.25, 0.3) is 0 Å². The maximum Gasteiger partial charge on any atom is 0.271 e. The van der Waals surface area contributed by atoms with Crippen molar-refractivity contribution in [1.82, 2.24) is 14.9 Å². The van der Waals surface area contributed by atoms with Gasteiger partial charge in [0.15, 0.2) is 0 Å². The molecule has 0 saturated heterocycles. The standard InChI is InChI=1S/C15H26N4O/c1-2-13(12-6-4-3-5-7-12)18-15(20)14-10-19(9-8-16)11-17-14/h10-13H,2-9,16H2,1H3,(H,18,20). The van der Waals surface area contributed by atoms with Gasteiger partial charge in [-0.15, -0.1) is 0 Å². The van der Waals surface area contributed by atoms with Crippen LogP contribution in [0.4, 0.5) is 0 Å². The minimum absolute atomic E-state index is 0.0572. The summed E-state index contributed by atoms with van der Waals surface area (Å²) >= 11 is 0. The van der Waals surface area contributed by atoms with Crippen molar-refractivity contribution in [3.63, 3.8) is 0 Å². The predicted molar refractivity (Wildman–Crippen MR) is 79.4 cm³/mol. The third-order valence-corrected chi connectivity index (χ3v) is 4.23. The van der Waals surface area contributed by atoms with Crippen LogP contribution in [0, 0.1) is 5.92 Å². The lowest BCUT2D eigenvalue weighted by molar-refractivity contribution is 0.0906. The van der Waals surface area contributed by atoms with E-state index in [1.54, 1.807) is 12.5 Å². The van der Waals surface area contributed by atoms with Gasteiger partial charge in [-0.2, -0.15) is 0 Å². The number of nitrogens with zero attached hydrogens (tertiary/aromatic N) is 2. The summed E-state index contributed by atoms with van der Waals surface area (Å²) in [6, 6.07) is 0.280. The molecule has 1 aliphatic rings. The van der Waals surface area contributed by atoms with Gasteiger partial charge in [0.25, 0.3) is 5.91 Å². The average Bonchev–Trinajstić information content (AvgIpc) is 2.94. The fraction of sp³-hybridized carbons (Fsp3) is 0.733. The van der Waals surface area contributed by atoms with E-state index in [9.17, 15) is 4.79 Å². The third kappa shape index (κ3) is 3.82. The van der Waals surface area contributed by atoms with E-state index in [2.05, 4.69) is 17.2 Å². The molecule has 5 heteroatoms. The Bertz CT molecular complexity index is 423. The maximum absolute atomic E-state index is 12.3. The second kappa shape index (κ2) is 7.43. The molecule has 1 aliphatic carbocycles. The molecule has 1 saturated carbocycles. The number of imidazole rings is 1. The smallest absolute Gasteiger partial charge is 0.271 e. The number of hydrogen-bond donors (Lipinski definition) is 2. The van der Waals surface area contributed by atoms with Gasteiger partial charge >= 0.3 is 0 Å². The van der Waals surface area contributed by atoms with Gasteiger partial charge in [0.05, 0.1) is 6.33 Å². The van der Waals surface area contributed by atoms with Crippen LogP contribution in [0.15, 0.2) is 12.5 Å². The molecule has 1 aromatic rings. The summed E-state index contributed by atoms with van der Waals surface area (Å²) in [5, 5.41) is 3.16. The highest BCUT2D eigenvalue weighted by Crippen LogP contribution is 2.27. The molecule has 1 fully saturated rings. The Morgan fingerprint density at radius 1 is 1.50 bits per heavy atom. The zero-order chi connectivity index (χ0) is 14.4. The van der Waals surface area contributed by atoms with Gasteiger partial charge in [-0.25, -0.2) is 4.98 Å². The Hall–Kier alpha value is -1.36. The second-order valence-corrected chi connectivity index (χ2v) is 5.67. The second-order valence-electron chi connectivity index (χ2n) is 5.67. The summed E-state index contributed by atoms with van der Waals surface area (Å²) in [5.41, 5.74) is 5.99. The van der Waals surface area contributed by atoms with E-state index in [1.807, 2.05) is 4.57 Å². The lowest BCUT2D eigenvalue weighted by atomic mass is 9.83. The molecule has 3 N–H and O–H groups in total. The van der Waals surface area contributed by atoms with E-state index >= 15 is 0 Å². The maximum atomic E-state index is 12.3. The molecule has 5 nitrogen and oxygen atoms in total. The number of carbonyl (C=O) groups is 1. The van der Waals surface area contributed by atoms with Gasteiger partial charge in [0.2, 0.25) is 0 Å². The van der Waals surface area contributed by atoms with Gasteiger partial charge < -0.3 is 15.6 Å². The van der Waals surface area contributed by atoms with Crippen molar-refractivity contribution in [1.29, 1.82) is 0 Å². The van der Waals surface area contributed by atoms with Crippen molar-refractivity contribution in [2.75, 3.05) is 6.54 Å². The molecule has 112 valence electrons. The first-order chi connectivity index (χ1) is 9.74. The number of carbonyl (C=O) groups excluding carboxylic acids is 1. The molecular formula is C15H26N4O. The highest BCUT2D eigenvalue weighted by Gasteiger charge is 2.24. The molecule has 0 bridgehead atoms. The van der Waals surface area contributed by atoms with E-state index in [0.29, 0.717) is 24.7 Å². The number of aromatic nitrogens is 2. The minimum Gasteiger partial charge on any atom is -0.348 e. The lowest BCUT2D eigenvalue weighted by Gasteiger charge is -2.30. The van der Waals surface area contributed by atoms with Crippen LogP contribution in [0.3, 0.4) is 0 Å². The van der Waals surface area contributed by atoms with Crippen LogP contribution in [-0.4, -0.2) is 28.0 Å². The number of rotatable bonds is 6. The van der Waals surface area contributed by atoms with Crippen LogP contribution >= 0.6 is 0 Å². The Kier molecular flexibility index (Phi) is 5.59. The van der Waals surface area contributed by atoms with Crippen LogP contribution in [0.1, 0.15) is 55.9 Å². The predicted octanol–water partition coefficient (Wildman–Crippen LogP) is 1.93. The molecule has 0 aliphatic heterocycles. The molecule has 0 aromatic carbocycles. The van der Waals surface area contributed by atoms with Crippen LogP contribution < -0.4 is 11.1 Å². The van der Waals surface area contributed by atoms with Crippen LogP contribution in [-0.2, 0) is 6.54 Å². The monoisotopic (exact) mass is 278 g/mol. The zero-order valence-corrected chi connectivity index (χ0v) is 12.3. The molecule has 20 heavy (non-hydrogen) atoms. The summed E-state index contributed by atoms with van der Waals surface area (Å²) < 4.78 is 1.86. The molecule has 0 radical (unpaired) electrons. The van der Waals surface area contributed by atoms with E-state index in [4.69, 9.17) is 5.73 Å². The van der Waals surface area contributed by atoms with Crippen molar-refractivity contribution < 1.29 is 4.79 Å². The summed E-state index contributed by atoms with van der Waals surface area (Å²) in [4.78, 5) is 16.4. The summed E-state index contributed by atoms with van der Waals surface area (Å²) in [6.45, 7) is 3.39. The van der Waals surface area contributed by atoms with Gasteiger partial charge in [-0.3, -0.25) is 4.79 Å². The molecule has 2 rings (SSSR count). The molecule has 1 amide bonds. The molecule has 1 atom stereocenters. The molecular weight excluding hydrogens is 252 g/mol. The Labute approximate surface area is 120 Å². The van der Waals surface area contributed by atoms with E-state index in [-0.39, 0.29) is 11.9 Å². The topological polar surface area (TPSA) is 72.9 Å². The first kappa shape index (κ1) is 15.0. The summed E-state index contributed by atoms with van der Waals surface area (Å²) in [5.74, 6) is 0.571. The van der Waals surface area contributed by atoms with Crippen LogP contribution in [0.2, 0.25) is 0 Å². The highest BCUT2D eigenvalue weighted by atomic mass is 16.2. The van der Waals surface area contributed by atoms with Crippen molar-refractivity contribution >= 4 is 5.91 Å². The van der Waals surface area contributed by atoms with Gasteiger partial charge in [-0.05, 0) is 25.2 Å². The van der Waals surface area contributed by atoms with Crippen molar-refractivity contribution in [2.24, 2.45) is 11.7 Å². The molecule has 1 unspecified atom stereocenters. The van der Waals surface area contributed by atoms with Gasteiger partial charge in [-0.1, -0.05) is 26.2 Å². The summed E-state index contributed by atoms with van der Waals surface area (Å²) in [7, 11) is 0. The van der Waals surface area contributed by atoms with Crippen LogP contribution in [0.5, 0.6) is 0 Å². The van der Waals surface area contributed by atoms with Crippen molar-refractivity contribution in [3.05, 3.63) is 18.2 Å². The number of hydrogen-bond acceptors (Lipinski definition) is 3. The fourth-order valence-electron chi connectivity index (χ4n) is 3.08. The summed E-state index contributed by atoms with van der Waals surface area (Å²) in [6.07, 6.45) is 10.8. The molecule has 1 aromatic heterocycles. The number of nitrogens with one attached hydrogen (secondary N) is 1. The third-order valence-electron chi connectivity index (χ3n) is 4.23. The Balaban J connectivity index is 1.93. The number of amides is 1. The van der Waals surface area contributed by atoms with Gasteiger partial charge in [0, 0.05) is 25.3 Å². The zero-order valence-electron chi connectivity index (χ0n) is 12.3. The molecule has 0 spiro atoms. The van der Waals surface area contributed by atoms with E-state index < -0.39 is 0 Å². The normalized spacial score (nSPS) is 17.9. The number of nitrogens with two attached hydrogens (primary N) is 1. The highest BCUT2D eigenvalue weighted by molar-refractivity contribution is 5.92. The Morgan fingerprint density at radius 2 is 2.25 bits per heavy atom. The Morgan fingerprint density at radius 3 is 2.90 bits per heavy atom. The van der Waals surface area contributed by atoms with E-state index in [1.165, 1.54) is 32.1 Å². The molecule has 1 heterocycles. The van der Waals surface area contributed by atoms with Crippen molar-refractivity contribution in [3.8, 4) is 0 Å². The lowest BCUT2D eigenvalue weighted by Crippen LogP contribution is -2.40. The first-order valence-corrected chi connectivity index (χ1v) is 7.77. The largest absolute Gasteiger partial charge is 0.348 e. The first-order valence-electron chi connectivity index (χ1n) is 7.77. The minimum atomic E-state index is -0.0572. The fourth-order valence-corrected chi connectivity index (χ4v) is 3.08. The quantitative estimate of drug-likeness (QED) is 0.835. The SMILES string of the molecule is CCC(NC(=O)c1cn(CCN)cn1)C1CCCCC1. The van der Waals surface area contributed by atoms with E-state index in [0.717, 1.165) is 6.42 Å². The van der Waals surface area contributed by atoms with Crippen molar-refractivity contribution in [2.45, 2.75) is 58.0 Å². The van der Waals surface area contributed by atoms with Gasteiger partial charge in [0.1, 0.15) is 5.69 Å². The average molecular weight is 278 g/mol.